The van der Waals surface area contributed by atoms with Gasteiger partial charge in [0.15, 0.2) is 0 Å². The van der Waals surface area contributed by atoms with E-state index in [0.29, 0.717) is 5.69 Å². The van der Waals surface area contributed by atoms with Gasteiger partial charge in [0.1, 0.15) is 11.6 Å². The maximum absolute atomic E-state index is 12.2. The van der Waals surface area contributed by atoms with Gasteiger partial charge in [0.2, 0.25) is 5.91 Å². The second-order valence-electron chi connectivity index (χ2n) is 5.73. The topological polar surface area (TPSA) is 79.5 Å². The number of anilines is 2. The van der Waals surface area contributed by atoms with Gasteiger partial charge in [0, 0.05) is 11.0 Å². The predicted octanol–water partition coefficient (Wildman–Crippen LogP) is 2.71. The number of alkyl carbamates (subject to hydrolysis) is 1. The largest absolute Gasteiger partial charge is 0.444 e. The smallest absolute Gasteiger partial charge is 0.408 e. The van der Waals surface area contributed by atoms with E-state index in [0.717, 1.165) is 10.2 Å². The second kappa shape index (κ2) is 5.93. The minimum Gasteiger partial charge on any atom is -0.444 e. The number of fused-ring (bicyclic) bond motifs is 1. The summed E-state index contributed by atoms with van der Waals surface area (Å²) in [4.78, 5) is 24.0. The van der Waals surface area contributed by atoms with Crippen molar-refractivity contribution in [3.8, 4) is 0 Å². The molecule has 1 atom stereocenters. The summed E-state index contributed by atoms with van der Waals surface area (Å²) in [7, 11) is 0. The number of carbonyl (C=O) groups is 2. The van der Waals surface area contributed by atoms with Gasteiger partial charge in [-0.1, -0.05) is 6.07 Å². The Hall–Kier alpha value is -1.76. The van der Waals surface area contributed by atoms with E-state index >= 15 is 0 Å². The summed E-state index contributed by atoms with van der Waals surface area (Å²) >= 11 is 3.39. The maximum atomic E-state index is 12.2. The molecular formula is C14H18BrN3O3. The Balaban J connectivity index is 2.07. The Morgan fingerprint density at radius 1 is 1.43 bits per heavy atom. The Labute approximate surface area is 131 Å². The number of carbonyl (C=O) groups excluding carboxylic acids is 2. The molecule has 1 heterocycles. The van der Waals surface area contributed by atoms with Crippen LogP contribution in [0.1, 0.15) is 20.8 Å². The van der Waals surface area contributed by atoms with Gasteiger partial charge in [0.05, 0.1) is 11.4 Å². The molecule has 1 aromatic carbocycles. The van der Waals surface area contributed by atoms with Crippen LogP contribution in [0.15, 0.2) is 22.7 Å². The zero-order valence-electron chi connectivity index (χ0n) is 12.1. The van der Waals surface area contributed by atoms with Crippen molar-refractivity contribution in [3.05, 3.63) is 22.7 Å². The number of amides is 2. The average Bonchev–Trinajstić information content (AvgIpc) is 2.49. The first-order valence-corrected chi connectivity index (χ1v) is 7.38. The quantitative estimate of drug-likeness (QED) is 0.723. The standard InChI is InChI=1S/C14H18BrN3O3/c1-14(2,3)21-13(20)17-10-7-16-9-6-4-5-8(15)11(9)18-12(10)19/h4-6,10,16H,7H2,1-3H3,(H,17,20)(H,18,19). The SMILES string of the molecule is CC(C)(C)OC(=O)NC1CNc2cccc(Br)c2NC1=O. The zero-order valence-corrected chi connectivity index (χ0v) is 13.7. The third-order valence-electron chi connectivity index (χ3n) is 2.77. The lowest BCUT2D eigenvalue weighted by Crippen LogP contribution is -2.48. The van der Waals surface area contributed by atoms with Gasteiger partial charge in [0.25, 0.3) is 0 Å². The summed E-state index contributed by atoms with van der Waals surface area (Å²) in [6.07, 6.45) is -0.616. The van der Waals surface area contributed by atoms with E-state index in [1.165, 1.54) is 0 Å². The van der Waals surface area contributed by atoms with E-state index in [1.54, 1.807) is 20.8 Å². The first-order valence-electron chi connectivity index (χ1n) is 6.59. The van der Waals surface area contributed by atoms with Crippen molar-refractivity contribution in [2.45, 2.75) is 32.4 Å². The van der Waals surface area contributed by atoms with E-state index in [2.05, 4.69) is 31.9 Å². The van der Waals surface area contributed by atoms with Crippen LogP contribution in [0.5, 0.6) is 0 Å². The Morgan fingerprint density at radius 2 is 2.14 bits per heavy atom. The summed E-state index contributed by atoms with van der Waals surface area (Å²) in [5, 5.41) is 8.49. The molecule has 1 aliphatic rings. The lowest BCUT2D eigenvalue weighted by atomic mass is 10.2. The van der Waals surface area contributed by atoms with Crippen molar-refractivity contribution >= 4 is 39.3 Å². The number of hydrogen-bond acceptors (Lipinski definition) is 4. The molecule has 21 heavy (non-hydrogen) atoms. The molecule has 7 heteroatoms. The van der Waals surface area contributed by atoms with Crippen LogP contribution in [-0.2, 0) is 9.53 Å². The van der Waals surface area contributed by atoms with E-state index in [1.807, 2.05) is 18.2 Å². The van der Waals surface area contributed by atoms with Gasteiger partial charge in [-0.15, -0.1) is 0 Å². The second-order valence-corrected chi connectivity index (χ2v) is 6.59. The van der Waals surface area contributed by atoms with Crippen molar-refractivity contribution in [1.82, 2.24) is 5.32 Å². The van der Waals surface area contributed by atoms with Crippen molar-refractivity contribution in [2.75, 3.05) is 17.2 Å². The van der Waals surface area contributed by atoms with E-state index < -0.39 is 17.7 Å². The highest BCUT2D eigenvalue weighted by Crippen LogP contribution is 2.32. The van der Waals surface area contributed by atoms with E-state index in [9.17, 15) is 9.59 Å². The number of rotatable bonds is 1. The third-order valence-corrected chi connectivity index (χ3v) is 3.43. The van der Waals surface area contributed by atoms with E-state index in [-0.39, 0.29) is 12.5 Å². The molecule has 0 spiro atoms. The third kappa shape index (κ3) is 4.10. The summed E-state index contributed by atoms with van der Waals surface area (Å²) in [5.41, 5.74) is 0.854. The highest BCUT2D eigenvalue weighted by molar-refractivity contribution is 9.10. The van der Waals surface area contributed by atoms with Crippen molar-refractivity contribution < 1.29 is 14.3 Å². The first kappa shape index (κ1) is 15.6. The van der Waals surface area contributed by atoms with E-state index in [4.69, 9.17) is 4.74 Å². The average molecular weight is 356 g/mol. The van der Waals surface area contributed by atoms with Gasteiger partial charge in [-0.25, -0.2) is 4.79 Å². The summed E-state index contributed by atoms with van der Waals surface area (Å²) in [5.74, 6) is -0.293. The molecule has 0 radical (unpaired) electrons. The molecule has 0 saturated heterocycles. The molecular weight excluding hydrogens is 338 g/mol. The fraction of sp³-hybridized carbons (Fsp3) is 0.429. The number of nitrogens with one attached hydrogen (secondary N) is 3. The molecule has 6 nitrogen and oxygen atoms in total. The molecule has 0 aromatic heterocycles. The molecule has 3 N–H and O–H groups in total. The van der Waals surface area contributed by atoms with Crippen LogP contribution in [0, 0.1) is 0 Å². The van der Waals surface area contributed by atoms with Crippen LogP contribution >= 0.6 is 15.9 Å². The Kier molecular flexibility index (Phi) is 4.41. The number of para-hydroxylation sites is 1. The van der Waals surface area contributed by atoms with Crippen molar-refractivity contribution in [2.24, 2.45) is 0 Å². The van der Waals surface area contributed by atoms with Crippen LogP contribution in [-0.4, -0.2) is 30.2 Å². The van der Waals surface area contributed by atoms with Crippen LogP contribution in [0.3, 0.4) is 0 Å². The zero-order chi connectivity index (χ0) is 15.6. The normalized spacial score (nSPS) is 17.9. The maximum Gasteiger partial charge on any atom is 0.408 e. The summed E-state index contributed by atoms with van der Waals surface area (Å²) in [6, 6.07) is 4.85. The monoisotopic (exact) mass is 355 g/mol. The molecule has 0 bridgehead atoms. The van der Waals surface area contributed by atoms with Gasteiger partial charge < -0.3 is 20.7 Å². The van der Waals surface area contributed by atoms with Crippen LogP contribution in [0.4, 0.5) is 16.2 Å². The van der Waals surface area contributed by atoms with Gasteiger partial charge in [-0.2, -0.15) is 0 Å². The molecule has 1 unspecified atom stereocenters. The fourth-order valence-electron chi connectivity index (χ4n) is 1.88. The number of ether oxygens (including phenoxy) is 1. The highest BCUT2D eigenvalue weighted by Gasteiger charge is 2.27. The lowest BCUT2D eigenvalue weighted by Gasteiger charge is -2.22. The molecule has 0 saturated carbocycles. The predicted molar refractivity (Wildman–Crippen MR) is 84.4 cm³/mol. The minimum absolute atomic E-state index is 0.286. The Bertz CT molecular complexity index is 569. The molecule has 2 rings (SSSR count). The summed E-state index contributed by atoms with van der Waals surface area (Å²) in [6.45, 7) is 5.59. The Morgan fingerprint density at radius 3 is 2.81 bits per heavy atom. The molecule has 1 aromatic rings. The lowest BCUT2D eigenvalue weighted by molar-refractivity contribution is -0.117. The molecule has 0 aliphatic carbocycles. The van der Waals surface area contributed by atoms with Gasteiger partial charge in [-0.05, 0) is 48.8 Å². The minimum atomic E-state index is -0.709. The first-order chi connectivity index (χ1) is 9.76. The molecule has 0 fully saturated rings. The fourth-order valence-corrected chi connectivity index (χ4v) is 2.35. The van der Waals surface area contributed by atoms with Crippen LogP contribution in [0.25, 0.3) is 0 Å². The highest BCUT2D eigenvalue weighted by atomic mass is 79.9. The molecule has 114 valence electrons. The number of benzene rings is 1. The summed E-state index contributed by atoms with van der Waals surface area (Å²) < 4.78 is 5.94. The van der Waals surface area contributed by atoms with Crippen molar-refractivity contribution in [1.29, 1.82) is 0 Å². The number of halogens is 1. The number of hydrogen-bond donors (Lipinski definition) is 3. The van der Waals surface area contributed by atoms with Crippen LogP contribution in [0.2, 0.25) is 0 Å². The van der Waals surface area contributed by atoms with Crippen LogP contribution < -0.4 is 16.0 Å². The van der Waals surface area contributed by atoms with Crippen molar-refractivity contribution in [3.63, 3.8) is 0 Å². The molecule has 1 aliphatic heterocycles. The molecule has 2 amide bonds. The van der Waals surface area contributed by atoms with Gasteiger partial charge >= 0.3 is 6.09 Å². The van der Waals surface area contributed by atoms with Gasteiger partial charge in [-0.3, -0.25) is 4.79 Å².